The molecule has 1 fully saturated rings. The highest BCUT2D eigenvalue weighted by molar-refractivity contribution is 5.75. The van der Waals surface area contributed by atoms with E-state index in [2.05, 4.69) is 4.98 Å². The van der Waals surface area contributed by atoms with Gasteiger partial charge in [-0.25, -0.2) is 9.37 Å². The third-order valence-electron chi connectivity index (χ3n) is 3.00. The molecule has 0 spiro atoms. The Morgan fingerprint density at radius 1 is 1.38 bits per heavy atom. The van der Waals surface area contributed by atoms with Crippen LogP contribution >= 0.6 is 0 Å². The summed E-state index contributed by atoms with van der Waals surface area (Å²) in [5.74, 6) is -0.231. The van der Waals surface area contributed by atoms with Crippen molar-refractivity contribution >= 4 is 11.0 Å². The van der Waals surface area contributed by atoms with Crippen LogP contribution in [0.5, 0.6) is 0 Å². The first kappa shape index (κ1) is 9.78. The largest absolute Gasteiger partial charge is 0.358 e. The molecule has 3 nitrogen and oxygen atoms in total. The van der Waals surface area contributed by atoms with Crippen molar-refractivity contribution in [1.29, 1.82) is 0 Å². The fraction of sp³-hybridized carbons (Fsp3) is 0.417. The lowest BCUT2D eigenvalue weighted by atomic mass is 10.2. The van der Waals surface area contributed by atoms with Crippen LogP contribution in [0.3, 0.4) is 0 Å². The number of nitrogens with zero attached hydrogens (tertiary/aromatic N) is 2. The zero-order valence-corrected chi connectivity index (χ0v) is 8.90. The van der Waals surface area contributed by atoms with Gasteiger partial charge >= 0.3 is 0 Å². The summed E-state index contributed by atoms with van der Waals surface area (Å²) in [7, 11) is 0. The molecule has 1 aliphatic rings. The molecule has 0 amide bonds. The van der Waals surface area contributed by atoms with E-state index in [1.807, 2.05) is 4.57 Å². The molecule has 1 aliphatic heterocycles. The quantitative estimate of drug-likeness (QED) is 0.738. The normalized spacial score (nSPS) is 21.4. The second-order valence-corrected chi connectivity index (χ2v) is 4.11. The predicted octanol–water partition coefficient (Wildman–Crippen LogP) is 2.87. The number of aromatic nitrogens is 2. The Bertz CT molecular complexity index is 503. The summed E-state index contributed by atoms with van der Waals surface area (Å²) in [6, 6.07) is 4.64. The fourth-order valence-electron chi connectivity index (χ4n) is 2.17. The van der Waals surface area contributed by atoms with Gasteiger partial charge in [0.2, 0.25) is 0 Å². The van der Waals surface area contributed by atoms with Gasteiger partial charge in [-0.3, -0.25) is 0 Å². The van der Waals surface area contributed by atoms with Crippen LogP contribution in [-0.2, 0) is 4.74 Å². The zero-order chi connectivity index (χ0) is 11.0. The lowest BCUT2D eigenvalue weighted by molar-refractivity contribution is -0.0295. The second kappa shape index (κ2) is 3.87. The Kier molecular flexibility index (Phi) is 2.36. The molecule has 4 heteroatoms. The van der Waals surface area contributed by atoms with E-state index >= 15 is 0 Å². The van der Waals surface area contributed by atoms with Crippen molar-refractivity contribution in [2.45, 2.75) is 25.5 Å². The third-order valence-corrected chi connectivity index (χ3v) is 3.00. The Morgan fingerprint density at radius 3 is 3.12 bits per heavy atom. The molecule has 2 heterocycles. The average molecular weight is 220 g/mol. The van der Waals surface area contributed by atoms with Gasteiger partial charge in [-0.1, -0.05) is 0 Å². The molecular weight excluding hydrogens is 207 g/mol. The number of benzene rings is 1. The van der Waals surface area contributed by atoms with Crippen LogP contribution in [0.2, 0.25) is 0 Å². The molecular formula is C12H13FN2O. The molecule has 0 saturated carbocycles. The molecule has 0 bridgehead atoms. The molecule has 1 aromatic heterocycles. The summed E-state index contributed by atoms with van der Waals surface area (Å²) in [6.07, 6.45) is 4.99. The Labute approximate surface area is 92.8 Å². The summed E-state index contributed by atoms with van der Waals surface area (Å²) in [4.78, 5) is 4.25. The molecule has 1 atom stereocenters. The highest BCUT2D eigenvalue weighted by Gasteiger charge is 2.17. The van der Waals surface area contributed by atoms with E-state index in [0.717, 1.165) is 36.9 Å². The first-order valence-corrected chi connectivity index (χ1v) is 5.58. The lowest BCUT2D eigenvalue weighted by Crippen LogP contribution is -2.17. The molecule has 0 radical (unpaired) electrons. The van der Waals surface area contributed by atoms with Crippen LogP contribution in [0.1, 0.15) is 25.5 Å². The van der Waals surface area contributed by atoms with Crippen LogP contribution in [0.4, 0.5) is 4.39 Å². The van der Waals surface area contributed by atoms with Crippen molar-refractivity contribution in [3.63, 3.8) is 0 Å². The van der Waals surface area contributed by atoms with Crippen molar-refractivity contribution in [1.82, 2.24) is 9.55 Å². The summed E-state index contributed by atoms with van der Waals surface area (Å²) in [5.41, 5.74) is 1.63. The smallest absolute Gasteiger partial charge is 0.135 e. The summed E-state index contributed by atoms with van der Waals surface area (Å²) < 4.78 is 20.8. The SMILES string of the molecule is Fc1ccc2ncn(C3CCCCO3)c2c1. The molecule has 3 rings (SSSR count). The molecule has 84 valence electrons. The monoisotopic (exact) mass is 220 g/mol. The van der Waals surface area contributed by atoms with Crippen molar-refractivity contribution in [3.05, 3.63) is 30.3 Å². The van der Waals surface area contributed by atoms with Gasteiger partial charge in [0.05, 0.1) is 17.4 Å². The standard InChI is InChI=1S/C12H13FN2O/c13-9-4-5-10-11(7-9)15(8-14-10)12-3-1-2-6-16-12/h4-5,7-8,12H,1-3,6H2. The van der Waals surface area contributed by atoms with E-state index in [0.29, 0.717) is 0 Å². The Hall–Kier alpha value is -1.42. The number of hydrogen-bond donors (Lipinski definition) is 0. The minimum absolute atomic E-state index is 0.0144. The first-order chi connectivity index (χ1) is 7.84. The van der Waals surface area contributed by atoms with Crippen LogP contribution in [0.25, 0.3) is 11.0 Å². The minimum atomic E-state index is -0.231. The Balaban J connectivity index is 2.05. The lowest BCUT2D eigenvalue weighted by Gasteiger charge is -2.24. The van der Waals surface area contributed by atoms with Gasteiger partial charge in [0.1, 0.15) is 12.0 Å². The summed E-state index contributed by atoms with van der Waals surface area (Å²) >= 11 is 0. The van der Waals surface area contributed by atoms with Crippen molar-refractivity contribution < 1.29 is 9.13 Å². The summed E-state index contributed by atoms with van der Waals surface area (Å²) in [6.45, 7) is 0.777. The van der Waals surface area contributed by atoms with Crippen molar-refractivity contribution in [2.24, 2.45) is 0 Å². The highest BCUT2D eigenvalue weighted by Crippen LogP contribution is 2.26. The van der Waals surface area contributed by atoms with Crippen molar-refractivity contribution in [2.75, 3.05) is 6.61 Å². The van der Waals surface area contributed by atoms with Crippen LogP contribution in [0, 0.1) is 5.82 Å². The Morgan fingerprint density at radius 2 is 2.31 bits per heavy atom. The van der Waals surface area contributed by atoms with E-state index in [1.165, 1.54) is 12.1 Å². The predicted molar refractivity (Wildman–Crippen MR) is 58.5 cm³/mol. The highest BCUT2D eigenvalue weighted by atomic mass is 19.1. The van der Waals surface area contributed by atoms with Gasteiger partial charge in [-0.15, -0.1) is 0 Å². The molecule has 16 heavy (non-hydrogen) atoms. The zero-order valence-electron chi connectivity index (χ0n) is 8.90. The van der Waals surface area contributed by atoms with E-state index in [4.69, 9.17) is 4.74 Å². The maximum absolute atomic E-state index is 13.2. The number of fused-ring (bicyclic) bond motifs is 1. The topological polar surface area (TPSA) is 27.1 Å². The van der Waals surface area contributed by atoms with Gasteiger partial charge < -0.3 is 9.30 Å². The van der Waals surface area contributed by atoms with Crippen LogP contribution in [0.15, 0.2) is 24.5 Å². The van der Waals surface area contributed by atoms with Crippen molar-refractivity contribution in [3.8, 4) is 0 Å². The molecule has 0 N–H and O–H groups in total. The molecule has 0 aliphatic carbocycles. The van der Waals surface area contributed by atoms with Gasteiger partial charge in [-0.05, 0) is 37.5 Å². The fourth-order valence-corrected chi connectivity index (χ4v) is 2.17. The third kappa shape index (κ3) is 1.59. The second-order valence-electron chi connectivity index (χ2n) is 4.11. The number of halogens is 1. The maximum Gasteiger partial charge on any atom is 0.135 e. The minimum Gasteiger partial charge on any atom is -0.358 e. The van der Waals surface area contributed by atoms with Gasteiger partial charge in [0, 0.05) is 6.61 Å². The van der Waals surface area contributed by atoms with Crippen LogP contribution < -0.4 is 0 Å². The van der Waals surface area contributed by atoms with Crippen LogP contribution in [-0.4, -0.2) is 16.2 Å². The van der Waals surface area contributed by atoms with Gasteiger partial charge in [0.25, 0.3) is 0 Å². The van der Waals surface area contributed by atoms with Gasteiger partial charge in [0.15, 0.2) is 0 Å². The number of rotatable bonds is 1. The molecule has 1 unspecified atom stereocenters. The number of ether oxygens (including phenoxy) is 1. The maximum atomic E-state index is 13.2. The van der Waals surface area contributed by atoms with E-state index in [-0.39, 0.29) is 12.0 Å². The number of imidazole rings is 1. The van der Waals surface area contributed by atoms with E-state index in [9.17, 15) is 4.39 Å². The average Bonchev–Trinajstić information content (AvgIpc) is 2.73. The van der Waals surface area contributed by atoms with E-state index < -0.39 is 0 Å². The van der Waals surface area contributed by atoms with E-state index in [1.54, 1.807) is 12.4 Å². The first-order valence-electron chi connectivity index (χ1n) is 5.58. The van der Waals surface area contributed by atoms with Gasteiger partial charge in [-0.2, -0.15) is 0 Å². The molecule has 1 aromatic carbocycles. The summed E-state index contributed by atoms with van der Waals surface area (Å²) in [5, 5.41) is 0. The molecule has 2 aromatic rings. The number of hydrogen-bond acceptors (Lipinski definition) is 2. The molecule has 1 saturated heterocycles.